The molecule has 0 saturated carbocycles. The SMILES string of the molecule is CCOCCN1C(=O)/C(=C/c2ccc(OCc3ccccc3F)c(OC)c2)SC1=Nc1ccccc1. The van der Waals surface area contributed by atoms with E-state index in [0.29, 0.717) is 46.9 Å². The minimum Gasteiger partial charge on any atom is -0.493 e. The predicted octanol–water partition coefficient (Wildman–Crippen LogP) is 6.05. The fourth-order valence-corrected chi connectivity index (χ4v) is 4.54. The first-order chi connectivity index (χ1) is 17.6. The van der Waals surface area contributed by atoms with Crippen LogP contribution in [-0.4, -0.2) is 42.8 Å². The molecule has 0 atom stereocenters. The highest BCUT2D eigenvalue weighted by Crippen LogP contribution is 2.36. The second-order valence-electron chi connectivity index (χ2n) is 7.78. The maximum Gasteiger partial charge on any atom is 0.266 e. The van der Waals surface area contributed by atoms with Crippen LogP contribution in [-0.2, 0) is 16.1 Å². The molecule has 3 aromatic rings. The molecular formula is C28H27FN2O4S. The monoisotopic (exact) mass is 506 g/mol. The summed E-state index contributed by atoms with van der Waals surface area (Å²) >= 11 is 1.32. The highest BCUT2D eigenvalue weighted by atomic mass is 32.2. The zero-order valence-corrected chi connectivity index (χ0v) is 21.0. The molecule has 4 rings (SSSR count). The van der Waals surface area contributed by atoms with Crippen molar-refractivity contribution < 1.29 is 23.4 Å². The van der Waals surface area contributed by atoms with Crippen LogP contribution in [0.25, 0.3) is 6.08 Å². The van der Waals surface area contributed by atoms with Gasteiger partial charge in [0.05, 0.1) is 30.9 Å². The normalized spacial score (nSPS) is 15.6. The molecule has 1 aliphatic heterocycles. The van der Waals surface area contributed by atoms with E-state index in [-0.39, 0.29) is 18.3 Å². The molecule has 0 radical (unpaired) electrons. The average Bonchev–Trinajstić information content (AvgIpc) is 3.18. The lowest BCUT2D eigenvalue weighted by molar-refractivity contribution is -0.122. The number of carbonyl (C=O) groups excluding carboxylic acids is 1. The molecule has 0 unspecified atom stereocenters. The number of nitrogens with zero attached hydrogens (tertiary/aromatic N) is 2. The number of carbonyl (C=O) groups is 1. The first kappa shape index (κ1) is 25.5. The third-order valence-corrected chi connectivity index (χ3v) is 6.37. The van der Waals surface area contributed by atoms with Crippen LogP contribution < -0.4 is 9.47 Å². The summed E-state index contributed by atoms with van der Waals surface area (Å²) < 4.78 is 30.7. The van der Waals surface area contributed by atoms with Crippen LogP contribution >= 0.6 is 11.8 Å². The highest BCUT2D eigenvalue weighted by molar-refractivity contribution is 8.18. The van der Waals surface area contributed by atoms with Gasteiger partial charge in [-0.3, -0.25) is 9.69 Å². The van der Waals surface area contributed by atoms with Gasteiger partial charge in [0.1, 0.15) is 12.4 Å². The topological polar surface area (TPSA) is 60.4 Å². The summed E-state index contributed by atoms with van der Waals surface area (Å²) in [5, 5.41) is 0.606. The quantitative estimate of drug-likeness (QED) is 0.247. The number of thioether (sulfide) groups is 1. The van der Waals surface area contributed by atoms with E-state index >= 15 is 0 Å². The van der Waals surface area contributed by atoms with Gasteiger partial charge in [-0.15, -0.1) is 0 Å². The molecule has 3 aromatic carbocycles. The molecule has 1 aliphatic rings. The number of amidine groups is 1. The van der Waals surface area contributed by atoms with Crippen LogP contribution in [0.5, 0.6) is 11.5 Å². The van der Waals surface area contributed by atoms with Crippen molar-refractivity contribution in [2.75, 3.05) is 26.9 Å². The van der Waals surface area contributed by atoms with Gasteiger partial charge in [0, 0.05) is 12.2 Å². The molecule has 6 nitrogen and oxygen atoms in total. The Kier molecular flexibility index (Phi) is 8.76. The molecule has 0 bridgehead atoms. The van der Waals surface area contributed by atoms with Gasteiger partial charge in [-0.1, -0.05) is 42.5 Å². The number of para-hydroxylation sites is 1. The molecule has 0 spiro atoms. The van der Waals surface area contributed by atoms with E-state index in [1.165, 1.54) is 24.9 Å². The van der Waals surface area contributed by atoms with Crippen molar-refractivity contribution in [1.29, 1.82) is 0 Å². The van der Waals surface area contributed by atoms with E-state index in [0.717, 1.165) is 11.3 Å². The smallest absolute Gasteiger partial charge is 0.266 e. The number of hydrogen-bond acceptors (Lipinski definition) is 6. The van der Waals surface area contributed by atoms with Crippen molar-refractivity contribution >= 4 is 34.6 Å². The summed E-state index contributed by atoms with van der Waals surface area (Å²) in [4.78, 5) is 20.1. The Balaban J connectivity index is 1.55. The Morgan fingerprint density at radius 2 is 1.81 bits per heavy atom. The third kappa shape index (κ3) is 6.33. The zero-order chi connectivity index (χ0) is 25.3. The fourth-order valence-electron chi connectivity index (χ4n) is 3.52. The van der Waals surface area contributed by atoms with Gasteiger partial charge in [-0.2, -0.15) is 0 Å². The molecule has 1 amide bonds. The lowest BCUT2D eigenvalue weighted by atomic mass is 10.1. The van der Waals surface area contributed by atoms with Gasteiger partial charge in [0.15, 0.2) is 16.7 Å². The van der Waals surface area contributed by atoms with Gasteiger partial charge in [-0.25, -0.2) is 9.38 Å². The summed E-state index contributed by atoms with van der Waals surface area (Å²) in [7, 11) is 1.54. The molecule has 1 fully saturated rings. The number of rotatable bonds is 10. The molecule has 8 heteroatoms. The summed E-state index contributed by atoms with van der Waals surface area (Å²) in [5.74, 6) is 0.519. The average molecular weight is 507 g/mol. The summed E-state index contributed by atoms with van der Waals surface area (Å²) in [6, 6.07) is 21.4. The first-order valence-corrected chi connectivity index (χ1v) is 12.4. The van der Waals surface area contributed by atoms with E-state index in [1.807, 2.05) is 43.3 Å². The number of methoxy groups -OCH3 is 1. The maximum atomic E-state index is 13.9. The summed E-state index contributed by atoms with van der Waals surface area (Å²) in [6.07, 6.45) is 1.80. The standard InChI is InChI=1S/C28H27FN2O4S/c1-3-34-16-15-31-27(32)26(36-28(31)30-22-10-5-4-6-11-22)18-20-13-14-24(25(17-20)33-2)35-19-21-9-7-8-12-23(21)29/h4-14,17-18H,3,15-16,19H2,1-2H3/b26-18-,30-28?. The van der Waals surface area contributed by atoms with Crippen LogP contribution in [0, 0.1) is 5.82 Å². The molecule has 36 heavy (non-hydrogen) atoms. The van der Waals surface area contributed by atoms with E-state index in [2.05, 4.69) is 4.99 Å². The van der Waals surface area contributed by atoms with Crippen LogP contribution in [0.15, 0.2) is 82.7 Å². The van der Waals surface area contributed by atoms with E-state index in [1.54, 1.807) is 41.3 Å². The first-order valence-electron chi connectivity index (χ1n) is 11.6. The Bertz CT molecular complexity index is 1260. The van der Waals surface area contributed by atoms with Crippen LogP contribution in [0.4, 0.5) is 10.1 Å². The third-order valence-electron chi connectivity index (χ3n) is 5.36. The largest absolute Gasteiger partial charge is 0.493 e. The minimum absolute atomic E-state index is 0.0753. The van der Waals surface area contributed by atoms with E-state index in [4.69, 9.17) is 14.2 Å². The highest BCUT2D eigenvalue weighted by Gasteiger charge is 2.33. The van der Waals surface area contributed by atoms with Crippen molar-refractivity contribution in [2.45, 2.75) is 13.5 Å². The number of aliphatic imine (C=N–C) groups is 1. The predicted molar refractivity (Wildman–Crippen MR) is 141 cm³/mol. The van der Waals surface area contributed by atoms with Crippen LogP contribution in [0.1, 0.15) is 18.1 Å². The molecule has 0 N–H and O–H groups in total. The van der Waals surface area contributed by atoms with E-state index in [9.17, 15) is 9.18 Å². The van der Waals surface area contributed by atoms with Crippen molar-refractivity contribution in [1.82, 2.24) is 4.90 Å². The van der Waals surface area contributed by atoms with Gasteiger partial charge in [0.2, 0.25) is 0 Å². The molecule has 0 aromatic heterocycles. The molecule has 0 aliphatic carbocycles. The Labute approximate surface area is 214 Å². The van der Waals surface area contributed by atoms with E-state index < -0.39 is 0 Å². The number of halogens is 1. The minimum atomic E-state index is -0.323. The number of ether oxygens (including phenoxy) is 3. The maximum absolute atomic E-state index is 13.9. The van der Waals surface area contributed by atoms with Gasteiger partial charge >= 0.3 is 0 Å². The lowest BCUT2D eigenvalue weighted by Crippen LogP contribution is -2.32. The van der Waals surface area contributed by atoms with Crippen molar-refractivity contribution in [3.05, 3.63) is 94.6 Å². The fraction of sp³-hybridized carbons (Fsp3) is 0.214. The second kappa shape index (κ2) is 12.4. The molecule has 1 heterocycles. The Hall–Kier alpha value is -3.62. The number of amides is 1. The van der Waals surface area contributed by atoms with Crippen molar-refractivity contribution in [3.63, 3.8) is 0 Å². The number of benzene rings is 3. The summed E-state index contributed by atoms with van der Waals surface area (Å²) in [6.45, 7) is 3.41. The molecule has 1 saturated heterocycles. The van der Waals surface area contributed by atoms with Crippen molar-refractivity contribution in [2.24, 2.45) is 4.99 Å². The van der Waals surface area contributed by atoms with Crippen LogP contribution in [0.2, 0.25) is 0 Å². The molecule has 186 valence electrons. The Morgan fingerprint density at radius 1 is 1.03 bits per heavy atom. The van der Waals surface area contributed by atoms with Crippen LogP contribution in [0.3, 0.4) is 0 Å². The lowest BCUT2D eigenvalue weighted by Gasteiger charge is -2.15. The van der Waals surface area contributed by atoms with Gasteiger partial charge < -0.3 is 14.2 Å². The molecular weight excluding hydrogens is 479 g/mol. The zero-order valence-electron chi connectivity index (χ0n) is 20.1. The second-order valence-corrected chi connectivity index (χ2v) is 8.79. The van der Waals surface area contributed by atoms with Gasteiger partial charge in [-0.05, 0) is 60.7 Å². The van der Waals surface area contributed by atoms with Crippen molar-refractivity contribution in [3.8, 4) is 11.5 Å². The summed E-state index contributed by atoms with van der Waals surface area (Å²) in [5.41, 5.74) is 2.00. The Morgan fingerprint density at radius 3 is 2.56 bits per heavy atom. The number of hydrogen-bond donors (Lipinski definition) is 0. The van der Waals surface area contributed by atoms with Gasteiger partial charge in [0.25, 0.3) is 5.91 Å².